The van der Waals surface area contributed by atoms with Crippen LogP contribution in [0.15, 0.2) is 16.4 Å². The van der Waals surface area contributed by atoms with Crippen molar-refractivity contribution in [2.24, 2.45) is 34.7 Å². The van der Waals surface area contributed by atoms with Crippen LogP contribution in [0.25, 0.3) is 10.4 Å². The number of aliphatic hydroxyl groups excluding tert-OH is 1. The number of ether oxygens (including phenoxy) is 6. The quantitative estimate of drug-likeness (QED) is 0.0460. The lowest BCUT2D eigenvalue weighted by molar-refractivity contribution is -0.285. The lowest BCUT2D eigenvalue weighted by Crippen LogP contribution is -2.57. The first-order chi connectivity index (χ1) is 25.1. The third-order valence-electron chi connectivity index (χ3n) is 12.7. The monoisotopic (exact) mass is 766 g/mol. The number of carbonyl (C=O) groups excluding carboxylic acids is 2. The number of nitrogens with zero attached hydrogens (tertiary/aromatic N) is 5. The molecule has 310 valence electrons. The van der Waals surface area contributed by atoms with Crippen LogP contribution in [0.5, 0.6) is 0 Å². The number of hydrogen-bond acceptors (Lipinski definition) is 11. The van der Waals surface area contributed by atoms with Gasteiger partial charge in [-0.2, -0.15) is 0 Å². The Labute approximate surface area is 324 Å². The molecule has 3 aliphatic heterocycles. The predicted octanol–water partition coefficient (Wildman–Crippen LogP) is 7.44. The summed E-state index contributed by atoms with van der Waals surface area (Å²) in [6.07, 6.45) is 0.617. The van der Waals surface area contributed by atoms with Crippen molar-refractivity contribution in [3.05, 3.63) is 21.8 Å². The highest BCUT2D eigenvalue weighted by Crippen LogP contribution is 2.46. The first-order valence-corrected chi connectivity index (χ1v) is 19.9. The number of carbonyl (C=O) groups is 2. The molecule has 3 unspecified atom stereocenters. The highest BCUT2D eigenvalue weighted by molar-refractivity contribution is 5.89. The zero-order valence-corrected chi connectivity index (χ0v) is 35.7. The zero-order valence-electron chi connectivity index (χ0n) is 35.7. The Bertz CT molecular complexity index is 1370. The number of esters is 1. The molecule has 14 nitrogen and oxygen atoms in total. The lowest BCUT2D eigenvalue weighted by Gasteiger charge is -2.49. The summed E-state index contributed by atoms with van der Waals surface area (Å²) in [5.74, 6) is -1.54. The van der Waals surface area contributed by atoms with Crippen LogP contribution < -0.4 is 0 Å². The lowest BCUT2D eigenvalue weighted by atomic mass is 9.70. The Balaban J connectivity index is 2.02. The van der Waals surface area contributed by atoms with Crippen LogP contribution in [0.4, 0.5) is 4.79 Å². The minimum atomic E-state index is -1.16. The molecular weight excluding hydrogens is 694 g/mol. The summed E-state index contributed by atoms with van der Waals surface area (Å²) in [6.45, 7) is 24.4. The first kappa shape index (κ1) is 45.8. The standard InChI is InChI=1S/C40H71N5O9/c1-16-31(46)40(12)33(45(37(48)54-40)20-18-17-19-42-43-41)26(5)25(4)23(2)22-39(11,49-15)34(28(7)32-29(8)35(47)53-38(9,10)52-32)51-36-27(6)30(44(13)14)21-24(3)50-36/h23-28,30-31,33-34,36,46H,16-22H2,1-15H3/t23-,24-,25?,26?,27-,28+,30?,31-,33-,34-,36+,39-,40-/m1/s1. The molecule has 3 aliphatic rings. The molecule has 0 radical (unpaired) electrons. The summed E-state index contributed by atoms with van der Waals surface area (Å²) in [6, 6.07) is -0.176. The number of azide groups is 1. The Hall–Kier alpha value is -2.61. The number of cyclic esters (lactones) is 2. The maximum atomic E-state index is 13.4. The van der Waals surface area contributed by atoms with E-state index in [4.69, 9.17) is 34.0 Å². The molecule has 0 bridgehead atoms. The molecule has 0 aromatic carbocycles. The van der Waals surface area contributed by atoms with Crippen molar-refractivity contribution in [2.45, 2.75) is 169 Å². The van der Waals surface area contributed by atoms with Crippen molar-refractivity contribution in [1.29, 1.82) is 0 Å². The normalized spacial score (nSPS) is 31.7. The minimum absolute atomic E-state index is 0.0211. The van der Waals surface area contributed by atoms with E-state index in [1.165, 1.54) is 0 Å². The van der Waals surface area contributed by atoms with E-state index in [0.717, 1.165) is 6.42 Å². The number of amides is 1. The average molecular weight is 766 g/mol. The van der Waals surface area contributed by atoms with Gasteiger partial charge in [-0.05, 0) is 97.2 Å². The van der Waals surface area contributed by atoms with Gasteiger partial charge in [0.1, 0.15) is 5.76 Å². The van der Waals surface area contributed by atoms with Crippen molar-refractivity contribution >= 4 is 12.1 Å². The predicted molar refractivity (Wildman–Crippen MR) is 206 cm³/mol. The van der Waals surface area contributed by atoms with Gasteiger partial charge in [-0.25, -0.2) is 9.59 Å². The second-order valence-corrected chi connectivity index (χ2v) is 17.4. The molecule has 1 amide bonds. The molecule has 3 rings (SSSR count). The molecule has 1 N–H and O–H groups in total. The third kappa shape index (κ3) is 10.0. The molecule has 0 saturated carbocycles. The van der Waals surface area contributed by atoms with Gasteiger partial charge in [0.25, 0.3) is 0 Å². The Morgan fingerprint density at radius 1 is 1.11 bits per heavy atom. The van der Waals surface area contributed by atoms with E-state index in [1.807, 2.05) is 27.7 Å². The van der Waals surface area contributed by atoms with E-state index >= 15 is 0 Å². The van der Waals surface area contributed by atoms with Crippen LogP contribution in [-0.2, 0) is 33.2 Å². The summed E-state index contributed by atoms with van der Waals surface area (Å²) in [5, 5.41) is 14.9. The maximum Gasteiger partial charge on any atom is 0.410 e. The topological polar surface area (TPSA) is 165 Å². The van der Waals surface area contributed by atoms with Crippen LogP contribution in [0.3, 0.4) is 0 Å². The molecule has 54 heavy (non-hydrogen) atoms. The van der Waals surface area contributed by atoms with Gasteiger partial charge in [0.15, 0.2) is 11.9 Å². The van der Waals surface area contributed by atoms with Crippen LogP contribution in [0.1, 0.15) is 115 Å². The fourth-order valence-corrected chi connectivity index (χ4v) is 9.14. The summed E-state index contributed by atoms with van der Waals surface area (Å²) < 4.78 is 38.1. The van der Waals surface area contributed by atoms with Crippen molar-refractivity contribution in [3.8, 4) is 0 Å². The van der Waals surface area contributed by atoms with Gasteiger partial charge < -0.3 is 43.3 Å². The molecule has 2 saturated heterocycles. The van der Waals surface area contributed by atoms with E-state index in [9.17, 15) is 14.7 Å². The van der Waals surface area contributed by atoms with E-state index in [2.05, 4.69) is 63.6 Å². The van der Waals surface area contributed by atoms with E-state index < -0.39 is 59.5 Å². The second kappa shape index (κ2) is 18.6. The summed E-state index contributed by atoms with van der Waals surface area (Å²) in [5.41, 5.74) is 7.07. The van der Waals surface area contributed by atoms with E-state index in [-0.39, 0.29) is 35.8 Å². The van der Waals surface area contributed by atoms with Crippen LogP contribution in [0.2, 0.25) is 0 Å². The zero-order chi connectivity index (χ0) is 40.9. The Morgan fingerprint density at radius 2 is 1.76 bits per heavy atom. The number of unbranched alkanes of at least 4 members (excludes halogenated alkanes) is 1. The largest absolute Gasteiger partial charge is 0.456 e. The minimum Gasteiger partial charge on any atom is -0.456 e. The molecule has 14 heteroatoms. The third-order valence-corrected chi connectivity index (χ3v) is 12.7. The highest BCUT2D eigenvalue weighted by Gasteiger charge is 2.58. The number of hydrogen-bond donors (Lipinski definition) is 1. The summed E-state index contributed by atoms with van der Waals surface area (Å²) >= 11 is 0. The summed E-state index contributed by atoms with van der Waals surface area (Å²) in [7, 11) is 5.85. The fraction of sp³-hybridized carbons (Fsp3) is 0.900. The molecule has 2 fully saturated rings. The van der Waals surface area contributed by atoms with Crippen LogP contribution in [0, 0.1) is 29.6 Å². The van der Waals surface area contributed by atoms with Gasteiger partial charge in [-0.1, -0.05) is 46.7 Å². The number of aliphatic hydroxyl groups is 1. The molecule has 3 heterocycles. The molecule has 13 atom stereocenters. The SMILES string of the molecule is CC[C@@H](O)[C@@]1(C)OC(=O)N(CCCCN=[N+]=[N-])[C@@H]1C(C)C(C)[C@H](C)C[C@@](C)(OC)[C@H](O[C@@H]1O[C@H](C)CC(N(C)C)[C@H]1C)[C@@H](C)C1=C(C)C(=O)OC(C)(C)O1. The van der Waals surface area contributed by atoms with Crippen LogP contribution in [-0.4, -0.2) is 115 Å². The van der Waals surface area contributed by atoms with E-state index in [0.29, 0.717) is 50.1 Å². The van der Waals surface area contributed by atoms with Gasteiger partial charge in [0.2, 0.25) is 5.79 Å². The molecule has 0 spiro atoms. The van der Waals surface area contributed by atoms with Crippen molar-refractivity contribution in [2.75, 3.05) is 34.3 Å². The Morgan fingerprint density at radius 3 is 2.33 bits per heavy atom. The average Bonchev–Trinajstić information content (AvgIpc) is 3.37. The highest BCUT2D eigenvalue weighted by atomic mass is 16.7. The summed E-state index contributed by atoms with van der Waals surface area (Å²) in [4.78, 5) is 33.3. The number of methoxy groups -OCH3 is 1. The first-order valence-electron chi connectivity index (χ1n) is 19.9. The molecule has 0 aromatic heterocycles. The van der Waals surface area contributed by atoms with Crippen molar-refractivity contribution in [1.82, 2.24) is 9.80 Å². The fourth-order valence-electron chi connectivity index (χ4n) is 9.14. The second-order valence-electron chi connectivity index (χ2n) is 17.4. The Kier molecular flexibility index (Phi) is 15.7. The molecule has 0 aromatic rings. The van der Waals surface area contributed by atoms with Gasteiger partial charge >= 0.3 is 12.1 Å². The maximum absolute atomic E-state index is 13.4. The smallest absolute Gasteiger partial charge is 0.410 e. The number of rotatable bonds is 19. The van der Waals surface area contributed by atoms with Gasteiger partial charge in [0, 0.05) is 56.8 Å². The van der Waals surface area contributed by atoms with Gasteiger partial charge in [0.05, 0.1) is 35.5 Å². The van der Waals surface area contributed by atoms with E-state index in [1.54, 1.807) is 32.8 Å². The van der Waals surface area contributed by atoms with Gasteiger partial charge in [-0.15, -0.1) is 0 Å². The molecule has 0 aliphatic carbocycles. The van der Waals surface area contributed by atoms with Crippen molar-refractivity contribution < 1.29 is 43.1 Å². The van der Waals surface area contributed by atoms with Gasteiger partial charge in [-0.3, -0.25) is 0 Å². The molecular formula is C40H71N5O9. The van der Waals surface area contributed by atoms with Crippen LogP contribution >= 0.6 is 0 Å². The van der Waals surface area contributed by atoms with Crippen molar-refractivity contribution in [3.63, 3.8) is 0 Å².